The molecule has 18 heavy (non-hydrogen) atoms. The molecule has 94 valence electrons. The summed E-state index contributed by atoms with van der Waals surface area (Å²) in [6, 6.07) is 6.34. The van der Waals surface area contributed by atoms with E-state index in [4.69, 9.17) is 12.2 Å². The largest absolute Gasteiger partial charge is 0.343 e. The second-order valence-electron chi connectivity index (χ2n) is 4.71. The zero-order chi connectivity index (χ0) is 13.3. The van der Waals surface area contributed by atoms with Gasteiger partial charge < -0.3 is 4.98 Å². The number of rotatable bonds is 2. The van der Waals surface area contributed by atoms with E-state index in [1.807, 2.05) is 6.07 Å². The molecule has 0 saturated carbocycles. The fourth-order valence-electron chi connectivity index (χ4n) is 2.42. The van der Waals surface area contributed by atoms with Crippen molar-refractivity contribution in [2.24, 2.45) is 0 Å². The summed E-state index contributed by atoms with van der Waals surface area (Å²) in [4.78, 5) is 7.69. The predicted octanol–water partition coefficient (Wildman–Crippen LogP) is 4.29. The Kier molecular flexibility index (Phi) is 3.62. The fourth-order valence-corrected chi connectivity index (χ4v) is 2.64. The number of benzene rings is 1. The summed E-state index contributed by atoms with van der Waals surface area (Å²) in [5, 5.41) is 0. The zero-order valence-corrected chi connectivity index (χ0v) is 12.1. The van der Waals surface area contributed by atoms with Crippen molar-refractivity contribution in [3.8, 4) is 11.3 Å². The first-order chi connectivity index (χ1) is 8.51. The fraction of sp³-hybridized carbons (Fsp3) is 0.333. The molecule has 1 aromatic carbocycles. The lowest BCUT2D eigenvalue weighted by Crippen LogP contribution is -1.98. The third kappa shape index (κ3) is 2.51. The SMILES string of the molecule is CCc1nc(=S)cc(-c2c(C)cc(C)cc2C)[nH]1. The van der Waals surface area contributed by atoms with Crippen molar-refractivity contribution in [1.29, 1.82) is 0 Å². The maximum atomic E-state index is 5.23. The van der Waals surface area contributed by atoms with Crippen LogP contribution in [0.1, 0.15) is 29.4 Å². The summed E-state index contributed by atoms with van der Waals surface area (Å²) in [7, 11) is 0. The lowest BCUT2D eigenvalue weighted by molar-refractivity contribution is 0.935. The first-order valence-corrected chi connectivity index (χ1v) is 6.60. The Morgan fingerprint density at radius 2 is 1.72 bits per heavy atom. The maximum absolute atomic E-state index is 5.23. The lowest BCUT2D eigenvalue weighted by Gasteiger charge is -2.12. The monoisotopic (exact) mass is 258 g/mol. The molecule has 0 fully saturated rings. The van der Waals surface area contributed by atoms with Gasteiger partial charge in [-0.1, -0.05) is 36.8 Å². The Labute approximate surface area is 113 Å². The minimum atomic E-state index is 0.653. The van der Waals surface area contributed by atoms with Crippen LogP contribution in [0.25, 0.3) is 11.3 Å². The summed E-state index contributed by atoms with van der Waals surface area (Å²) < 4.78 is 0.653. The van der Waals surface area contributed by atoms with Crippen molar-refractivity contribution in [3.63, 3.8) is 0 Å². The highest BCUT2D eigenvalue weighted by Crippen LogP contribution is 2.26. The number of aryl methyl sites for hydroxylation is 4. The minimum absolute atomic E-state index is 0.653. The van der Waals surface area contributed by atoms with Gasteiger partial charge in [0.2, 0.25) is 0 Å². The second-order valence-corrected chi connectivity index (χ2v) is 5.13. The summed E-state index contributed by atoms with van der Waals surface area (Å²) >= 11 is 5.23. The van der Waals surface area contributed by atoms with Gasteiger partial charge in [0.25, 0.3) is 0 Å². The van der Waals surface area contributed by atoms with Crippen LogP contribution in [0.15, 0.2) is 18.2 Å². The van der Waals surface area contributed by atoms with E-state index in [1.54, 1.807) is 0 Å². The van der Waals surface area contributed by atoms with Crippen LogP contribution in [0, 0.1) is 25.4 Å². The van der Waals surface area contributed by atoms with E-state index in [2.05, 4.69) is 49.8 Å². The number of aromatic nitrogens is 2. The van der Waals surface area contributed by atoms with E-state index >= 15 is 0 Å². The molecule has 0 aliphatic carbocycles. The molecule has 2 aromatic rings. The molecule has 0 amide bonds. The van der Waals surface area contributed by atoms with Gasteiger partial charge in [-0.3, -0.25) is 0 Å². The van der Waals surface area contributed by atoms with E-state index in [0.29, 0.717) is 4.64 Å². The van der Waals surface area contributed by atoms with Crippen molar-refractivity contribution in [1.82, 2.24) is 9.97 Å². The van der Waals surface area contributed by atoms with Crippen LogP contribution >= 0.6 is 12.2 Å². The molecule has 2 rings (SSSR count). The number of nitrogens with one attached hydrogen (secondary N) is 1. The zero-order valence-electron chi connectivity index (χ0n) is 11.3. The van der Waals surface area contributed by atoms with E-state index < -0.39 is 0 Å². The van der Waals surface area contributed by atoms with Crippen LogP contribution in [-0.2, 0) is 6.42 Å². The van der Waals surface area contributed by atoms with Crippen molar-refractivity contribution in [2.45, 2.75) is 34.1 Å². The topological polar surface area (TPSA) is 28.7 Å². The average Bonchev–Trinajstić information content (AvgIpc) is 2.26. The van der Waals surface area contributed by atoms with Gasteiger partial charge in [0.15, 0.2) is 0 Å². The number of aromatic amines is 1. The normalized spacial score (nSPS) is 10.7. The smallest absolute Gasteiger partial charge is 0.130 e. The van der Waals surface area contributed by atoms with Gasteiger partial charge in [0.05, 0.1) is 5.69 Å². The Hall–Kier alpha value is -1.48. The van der Waals surface area contributed by atoms with Gasteiger partial charge in [-0.15, -0.1) is 0 Å². The Morgan fingerprint density at radius 1 is 1.11 bits per heavy atom. The molecule has 1 aromatic heterocycles. The van der Waals surface area contributed by atoms with Gasteiger partial charge in [0, 0.05) is 12.0 Å². The summed E-state index contributed by atoms with van der Waals surface area (Å²) in [6.45, 7) is 8.47. The standard InChI is InChI=1S/C15H18N2S/c1-5-13-16-12(8-14(18)17-13)15-10(3)6-9(2)7-11(15)4/h6-8H,5H2,1-4H3,(H,16,17,18). The third-order valence-electron chi connectivity index (χ3n) is 3.07. The van der Waals surface area contributed by atoms with Crippen LogP contribution in [0.2, 0.25) is 0 Å². The molecule has 0 saturated heterocycles. The van der Waals surface area contributed by atoms with E-state index in [0.717, 1.165) is 17.9 Å². The van der Waals surface area contributed by atoms with Crippen molar-refractivity contribution in [2.75, 3.05) is 0 Å². The molecule has 0 aliphatic rings. The summed E-state index contributed by atoms with van der Waals surface area (Å²) in [6.07, 6.45) is 0.863. The van der Waals surface area contributed by atoms with Gasteiger partial charge in [-0.2, -0.15) is 0 Å². The van der Waals surface area contributed by atoms with Crippen LogP contribution < -0.4 is 0 Å². The molecule has 3 heteroatoms. The first-order valence-electron chi connectivity index (χ1n) is 6.19. The highest BCUT2D eigenvalue weighted by molar-refractivity contribution is 7.71. The van der Waals surface area contributed by atoms with Crippen LogP contribution in [0.3, 0.4) is 0 Å². The van der Waals surface area contributed by atoms with E-state index in [1.165, 1.54) is 22.3 Å². The van der Waals surface area contributed by atoms with Gasteiger partial charge in [-0.25, -0.2) is 4.98 Å². The minimum Gasteiger partial charge on any atom is -0.343 e. The first kappa shape index (κ1) is 13.0. The van der Waals surface area contributed by atoms with Gasteiger partial charge >= 0.3 is 0 Å². The van der Waals surface area contributed by atoms with Crippen molar-refractivity contribution >= 4 is 12.2 Å². The molecule has 0 bridgehead atoms. The molecule has 1 N–H and O–H groups in total. The van der Waals surface area contributed by atoms with Gasteiger partial charge in [-0.05, 0) is 38.0 Å². The molecule has 0 radical (unpaired) electrons. The molecule has 0 atom stereocenters. The van der Waals surface area contributed by atoms with Gasteiger partial charge in [0.1, 0.15) is 10.5 Å². The maximum Gasteiger partial charge on any atom is 0.130 e. The number of hydrogen-bond donors (Lipinski definition) is 1. The van der Waals surface area contributed by atoms with Crippen LogP contribution in [-0.4, -0.2) is 9.97 Å². The molecule has 0 unspecified atom stereocenters. The second kappa shape index (κ2) is 5.02. The Balaban J connectivity index is 2.69. The van der Waals surface area contributed by atoms with Crippen LogP contribution in [0.5, 0.6) is 0 Å². The number of nitrogens with zero attached hydrogens (tertiary/aromatic N) is 1. The summed E-state index contributed by atoms with van der Waals surface area (Å²) in [5.74, 6) is 0.942. The quantitative estimate of drug-likeness (QED) is 0.814. The van der Waals surface area contributed by atoms with E-state index in [-0.39, 0.29) is 0 Å². The molecular formula is C15H18N2S. The average molecular weight is 258 g/mol. The van der Waals surface area contributed by atoms with Crippen molar-refractivity contribution < 1.29 is 0 Å². The highest BCUT2D eigenvalue weighted by atomic mass is 32.1. The number of H-pyrrole nitrogens is 1. The number of hydrogen-bond acceptors (Lipinski definition) is 2. The summed E-state index contributed by atoms with van der Waals surface area (Å²) in [5.41, 5.74) is 6.14. The third-order valence-corrected chi connectivity index (χ3v) is 3.28. The lowest BCUT2D eigenvalue weighted by atomic mass is 9.97. The molecule has 2 nitrogen and oxygen atoms in total. The van der Waals surface area contributed by atoms with Crippen molar-refractivity contribution in [3.05, 3.63) is 45.4 Å². The van der Waals surface area contributed by atoms with Crippen LogP contribution in [0.4, 0.5) is 0 Å². The molecular weight excluding hydrogens is 240 g/mol. The predicted molar refractivity (Wildman–Crippen MR) is 78.4 cm³/mol. The van der Waals surface area contributed by atoms with E-state index in [9.17, 15) is 0 Å². The molecule has 1 heterocycles. The highest BCUT2D eigenvalue weighted by Gasteiger charge is 2.08. The Bertz CT molecular complexity index is 618. The Morgan fingerprint density at radius 3 is 2.28 bits per heavy atom. The molecule has 0 aliphatic heterocycles. The molecule has 0 spiro atoms.